The minimum absolute atomic E-state index is 0.228. The largest absolute Gasteiger partial charge is 0.299 e. The van der Waals surface area contributed by atoms with Crippen molar-refractivity contribution in [3.05, 3.63) is 0 Å². The number of rotatable bonds is 3. The fraction of sp³-hybridized carbons (Fsp3) is 0.857. The van der Waals surface area contributed by atoms with E-state index in [-0.39, 0.29) is 5.78 Å². The Balaban J connectivity index is 3.50. The van der Waals surface area contributed by atoms with Gasteiger partial charge in [0, 0.05) is 6.04 Å². The molecule has 0 aliphatic heterocycles. The molecule has 9 heavy (non-hydrogen) atoms. The molecule has 2 heteroatoms. The Kier molecular flexibility index (Phi) is 3.47. The molecule has 0 unspecified atom stereocenters. The van der Waals surface area contributed by atoms with Crippen molar-refractivity contribution in [3.63, 3.8) is 0 Å². The van der Waals surface area contributed by atoms with Gasteiger partial charge < -0.3 is 0 Å². The number of likely N-dealkylation sites (N-methyl/N-ethyl adjacent to an activating group) is 1. The number of nitrogens with zero attached hydrogens (tertiary/aromatic N) is 1. The maximum atomic E-state index is 10.5. The summed E-state index contributed by atoms with van der Waals surface area (Å²) in [4.78, 5) is 12.5. The summed E-state index contributed by atoms with van der Waals surface area (Å²) in [5.74, 6) is 0.228. The molecule has 0 heterocycles. The number of hydrogen-bond donors (Lipinski definition) is 0. The van der Waals surface area contributed by atoms with Crippen LogP contribution in [0.25, 0.3) is 0 Å². The first-order valence-electron chi connectivity index (χ1n) is 3.23. The third kappa shape index (κ3) is 4.15. The average Bonchev–Trinajstić information content (AvgIpc) is 1.63. The van der Waals surface area contributed by atoms with Crippen LogP contribution in [-0.4, -0.2) is 30.3 Å². The predicted octanol–water partition coefficient (Wildman–Crippen LogP) is 0.916. The van der Waals surface area contributed by atoms with E-state index in [0.29, 0.717) is 12.6 Å². The summed E-state index contributed by atoms with van der Waals surface area (Å²) in [5, 5.41) is 0. The van der Waals surface area contributed by atoms with Crippen LogP contribution in [0.3, 0.4) is 0 Å². The lowest BCUT2D eigenvalue weighted by Gasteiger charge is -2.18. The Labute approximate surface area is 56.9 Å². The van der Waals surface area contributed by atoms with Crippen LogP contribution in [-0.2, 0) is 4.79 Å². The van der Waals surface area contributed by atoms with Gasteiger partial charge in [0.2, 0.25) is 0 Å². The van der Waals surface area contributed by atoms with Crippen molar-refractivity contribution in [2.24, 2.45) is 0 Å². The van der Waals surface area contributed by atoms with Crippen LogP contribution in [0.4, 0.5) is 0 Å². The van der Waals surface area contributed by atoms with E-state index in [9.17, 15) is 4.79 Å². The normalized spacial score (nSPS) is 10.9. The highest BCUT2D eigenvalue weighted by atomic mass is 16.1. The van der Waals surface area contributed by atoms with E-state index in [2.05, 4.69) is 13.8 Å². The van der Waals surface area contributed by atoms with Crippen LogP contribution in [0.1, 0.15) is 20.8 Å². The van der Waals surface area contributed by atoms with Crippen LogP contribution in [0.15, 0.2) is 0 Å². The maximum absolute atomic E-state index is 10.5. The van der Waals surface area contributed by atoms with Crippen molar-refractivity contribution in [3.8, 4) is 0 Å². The van der Waals surface area contributed by atoms with Crippen LogP contribution in [0, 0.1) is 0 Å². The van der Waals surface area contributed by atoms with Crippen molar-refractivity contribution in [1.29, 1.82) is 0 Å². The van der Waals surface area contributed by atoms with Gasteiger partial charge in [-0.3, -0.25) is 9.69 Å². The van der Waals surface area contributed by atoms with Crippen LogP contribution < -0.4 is 0 Å². The zero-order chi connectivity index (χ0) is 7.44. The topological polar surface area (TPSA) is 20.3 Å². The monoisotopic (exact) mass is 129 g/mol. The van der Waals surface area contributed by atoms with Gasteiger partial charge in [-0.2, -0.15) is 0 Å². The first kappa shape index (κ1) is 8.63. The molecule has 0 atom stereocenters. The highest BCUT2D eigenvalue weighted by Crippen LogP contribution is 1.91. The van der Waals surface area contributed by atoms with Gasteiger partial charge in [0.05, 0.1) is 6.54 Å². The molecule has 0 radical (unpaired) electrons. The molecular formula is C7H15NO. The van der Waals surface area contributed by atoms with Crippen LogP contribution >= 0.6 is 0 Å². The van der Waals surface area contributed by atoms with E-state index in [1.165, 1.54) is 0 Å². The van der Waals surface area contributed by atoms with Crippen LogP contribution in [0.2, 0.25) is 0 Å². The standard InChI is InChI=1S/C7H15NO/c1-6(2)8(4)5-7(3)9/h6H,5H2,1-4H3. The zero-order valence-electron chi connectivity index (χ0n) is 6.64. The molecule has 0 aromatic heterocycles. The van der Waals surface area contributed by atoms with Gasteiger partial charge >= 0.3 is 0 Å². The number of carbonyl (C=O) groups excluding carboxylic acids is 1. The lowest BCUT2D eigenvalue weighted by molar-refractivity contribution is -0.118. The molecule has 0 aromatic carbocycles. The Bertz CT molecular complexity index is 99.1. The highest BCUT2D eigenvalue weighted by Gasteiger charge is 2.03. The third-order valence-electron chi connectivity index (χ3n) is 1.35. The fourth-order valence-electron chi connectivity index (χ4n) is 0.534. The van der Waals surface area contributed by atoms with E-state index >= 15 is 0 Å². The Morgan fingerprint density at radius 1 is 1.56 bits per heavy atom. The van der Waals surface area contributed by atoms with E-state index in [4.69, 9.17) is 0 Å². The van der Waals surface area contributed by atoms with Crippen molar-refractivity contribution >= 4 is 5.78 Å². The Hall–Kier alpha value is -0.370. The molecule has 2 nitrogen and oxygen atoms in total. The van der Waals surface area contributed by atoms with E-state index in [1.807, 2.05) is 11.9 Å². The van der Waals surface area contributed by atoms with E-state index in [1.54, 1.807) is 6.92 Å². The van der Waals surface area contributed by atoms with Gasteiger partial charge in [0.25, 0.3) is 0 Å². The summed E-state index contributed by atoms with van der Waals surface area (Å²) in [7, 11) is 1.95. The molecular weight excluding hydrogens is 114 g/mol. The second-order valence-corrected chi connectivity index (χ2v) is 2.71. The Morgan fingerprint density at radius 3 is 2.11 bits per heavy atom. The zero-order valence-corrected chi connectivity index (χ0v) is 6.64. The van der Waals surface area contributed by atoms with Crippen LogP contribution in [0.5, 0.6) is 0 Å². The highest BCUT2D eigenvalue weighted by molar-refractivity contribution is 5.77. The van der Waals surface area contributed by atoms with Gasteiger partial charge in [-0.25, -0.2) is 0 Å². The minimum atomic E-state index is 0.228. The molecule has 0 fully saturated rings. The first-order valence-corrected chi connectivity index (χ1v) is 3.23. The fourth-order valence-corrected chi connectivity index (χ4v) is 0.534. The molecule has 0 bridgehead atoms. The second-order valence-electron chi connectivity index (χ2n) is 2.71. The summed E-state index contributed by atoms with van der Waals surface area (Å²) in [5.41, 5.74) is 0. The molecule has 0 saturated carbocycles. The molecule has 54 valence electrons. The molecule has 0 aliphatic carbocycles. The van der Waals surface area contributed by atoms with Gasteiger partial charge in [0.15, 0.2) is 0 Å². The third-order valence-corrected chi connectivity index (χ3v) is 1.35. The molecule has 0 amide bonds. The van der Waals surface area contributed by atoms with Crippen molar-refractivity contribution in [2.45, 2.75) is 26.8 Å². The van der Waals surface area contributed by atoms with Gasteiger partial charge in [-0.05, 0) is 27.8 Å². The quantitative estimate of drug-likeness (QED) is 0.564. The van der Waals surface area contributed by atoms with Gasteiger partial charge in [0.1, 0.15) is 5.78 Å². The van der Waals surface area contributed by atoms with Gasteiger partial charge in [-0.1, -0.05) is 0 Å². The summed E-state index contributed by atoms with van der Waals surface area (Å²) in [6.07, 6.45) is 0. The number of hydrogen-bond acceptors (Lipinski definition) is 2. The van der Waals surface area contributed by atoms with E-state index < -0.39 is 0 Å². The number of ketones is 1. The first-order chi connectivity index (χ1) is 4.04. The average molecular weight is 129 g/mol. The number of Topliss-reactive ketones (excluding diaryl/α,β-unsaturated/α-hetero) is 1. The molecule has 0 spiro atoms. The van der Waals surface area contributed by atoms with Crippen molar-refractivity contribution < 1.29 is 4.79 Å². The lowest BCUT2D eigenvalue weighted by Crippen LogP contribution is -2.30. The smallest absolute Gasteiger partial charge is 0.143 e. The molecule has 0 saturated heterocycles. The maximum Gasteiger partial charge on any atom is 0.143 e. The number of carbonyl (C=O) groups is 1. The Morgan fingerprint density at radius 2 is 2.00 bits per heavy atom. The summed E-state index contributed by atoms with van der Waals surface area (Å²) in [6.45, 7) is 6.32. The second kappa shape index (κ2) is 3.62. The molecule has 0 rings (SSSR count). The van der Waals surface area contributed by atoms with Crippen molar-refractivity contribution in [1.82, 2.24) is 4.90 Å². The summed E-state index contributed by atoms with van der Waals surface area (Å²) in [6, 6.07) is 0.467. The molecule has 0 aromatic rings. The SMILES string of the molecule is CC(=O)CN(C)C(C)C. The van der Waals surface area contributed by atoms with Crippen molar-refractivity contribution in [2.75, 3.05) is 13.6 Å². The van der Waals surface area contributed by atoms with Gasteiger partial charge in [-0.15, -0.1) is 0 Å². The molecule has 0 aliphatic rings. The molecule has 0 N–H and O–H groups in total. The summed E-state index contributed by atoms with van der Waals surface area (Å²) < 4.78 is 0. The van der Waals surface area contributed by atoms with E-state index in [0.717, 1.165) is 0 Å². The minimum Gasteiger partial charge on any atom is -0.299 e. The predicted molar refractivity (Wildman–Crippen MR) is 38.4 cm³/mol. The lowest BCUT2D eigenvalue weighted by atomic mass is 10.3. The summed E-state index contributed by atoms with van der Waals surface area (Å²) >= 11 is 0.